The number of hydrogen-bond acceptors (Lipinski definition) is 2. The highest BCUT2D eigenvalue weighted by molar-refractivity contribution is 6.31. The summed E-state index contributed by atoms with van der Waals surface area (Å²) >= 11 is 6.18. The minimum Gasteiger partial charge on any atom is -0.496 e. The summed E-state index contributed by atoms with van der Waals surface area (Å²) in [5.41, 5.74) is 1.12. The van der Waals surface area contributed by atoms with Crippen molar-refractivity contribution in [3.63, 3.8) is 0 Å². The second-order valence-electron chi connectivity index (χ2n) is 6.03. The second kappa shape index (κ2) is 6.50. The molecule has 4 aromatic rings. The van der Waals surface area contributed by atoms with Gasteiger partial charge in [0.25, 0.3) is 0 Å². The average Bonchev–Trinajstić information content (AvgIpc) is 2.67. The number of benzene rings is 4. The Kier molecular flexibility index (Phi) is 4.17. The summed E-state index contributed by atoms with van der Waals surface area (Å²) in [5.74, 6) is 0.392. The molecule has 0 heterocycles. The van der Waals surface area contributed by atoms with Crippen molar-refractivity contribution in [3.8, 4) is 22.6 Å². The van der Waals surface area contributed by atoms with Crippen molar-refractivity contribution in [2.75, 3.05) is 14.2 Å². The van der Waals surface area contributed by atoms with Gasteiger partial charge in [-0.25, -0.2) is 4.39 Å². The van der Waals surface area contributed by atoms with E-state index in [-0.39, 0.29) is 5.75 Å². The molecule has 0 saturated heterocycles. The van der Waals surface area contributed by atoms with Crippen LogP contribution in [0.3, 0.4) is 0 Å². The Hall–Kier alpha value is -2.78. The third-order valence-corrected chi connectivity index (χ3v) is 4.83. The monoisotopic (exact) mass is 366 g/mol. The van der Waals surface area contributed by atoms with Crippen molar-refractivity contribution in [1.82, 2.24) is 0 Å². The molecule has 0 aliphatic heterocycles. The zero-order chi connectivity index (χ0) is 18.3. The molecule has 2 nitrogen and oxygen atoms in total. The Labute approximate surface area is 155 Å². The topological polar surface area (TPSA) is 18.5 Å². The van der Waals surface area contributed by atoms with Crippen LogP contribution >= 0.6 is 11.6 Å². The van der Waals surface area contributed by atoms with E-state index >= 15 is 0 Å². The van der Waals surface area contributed by atoms with Gasteiger partial charge in [-0.1, -0.05) is 41.9 Å². The van der Waals surface area contributed by atoms with E-state index in [1.807, 2.05) is 42.5 Å². The van der Waals surface area contributed by atoms with Crippen LogP contribution < -0.4 is 9.47 Å². The lowest BCUT2D eigenvalue weighted by Gasteiger charge is -2.14. The molecule has 0 aliphatic carbocycles. The van der Waals surface area contributed by atoms with Crippen molar-refractivity contribution < 1.29 is 13.9 Å². The van der Waals surface area contributed by atoms with Gasteiger partial charge in [0.1, 0.15) is 5.75 Å². The molecule has 4 heteroatoms. The lowest BCUT2D eigenvalue weighted by atomic mass is 9.96. The smallest absolute Gasteiger partial charge is 0.172 e. The first-order valence-electron chi connectivity index (χ1n) is 8.15. The van der Waals surface area contributed by atoms with Crippen LogP contribution in [0, 0.1) is 5.82 Å². The van der Waals surface area contributed by atoms with Gasteiger partial charge in [-0.2, -0.15) is 0 Å². The van der Waals surface area contributed by atoms with Gasteiger partial charge in [-0.15, -0.1) is 0 Å². The van der Waals surface area contributed by atoms with Gasteiger partial charge in [0, 0.05) is 16.1 Å². The van der Waals surface area contributed by atoms with Gasteiger partial charge in [0.15, 0.2) is 11.6 Å². The molecule has 0 fully saturated rings. The SMILES string of the molecule is COc1cc2c(ccc3ccc(Cl)cc32)cc1-c1cccc(OC)c1F. The third kappa shape index (κ3) is 2.65. The van der Waals surface area contributed by atoms with E-state index in [9.17, 15) is 4.39 Å². The molecule has 0 bridgehead atoms. The number of halogens is 2. The fraction of sp³-hybridized carbons (Fsp3) is 0.0909. The molecular formula is C22H16ClFO2. The molecule has 0 unspecified atom stereocenters. The molecule has 4 rings (SSSR count). The molecule has 26 heavy (non-hydrogen) atoms. The van der Waals surface area contributed by atoms with Gasteiger partial charge in [-0.05, 0) is 51.9 Å². The first-order valence-corrected chi connectivity index (χ1v) is 8.53. The maximum atomic E-state index is 14.8. The van der Waals surface area contributed by atoms with Crippen molar-refractivity contribution in [2.45, 2.75) is 0 Å². The summed E-state index contributed by atoms with van der Waals surface area (Å²) in [6, 6.07) is 18.8. The van der Waals surface area contributed by atoms with Gasteiger partial charge in [0.2, 0.25) is 0 Å². The Morgan fingerprint density at radius 2 is 1.42 bits per heavy atom. The molecule has 0 radical (unpaired) electrons. The van der Waals surface area contributed by atoms with Crippen LogP contribution in [0.15, 0.2) is 60.7 Å². The highest BCUT2D eigenvalue weighted by Crippen LogP contribution is 2.39. The standard InChI is InChI=1S/C22H16ClFO2/c1-25-20-5-3-4-16(22(20)24)19-10-14-7-6-13-8-9-15(23)11-17(13)18(14)12-21(19)26-2/h3-12H,1-2H3. The normalized spacial score (nSPS) is 11.1. The van der Waals surface area contributed by atoms with Crippen LogP contribution in [0.2, 0.25) is 5.02 Å². The predicted octanol–water partition coefficient (Wildman–Crippen LogP) is 6.47. The van der Waals surface area contributed by atoms with E-state index in [4.69, 9.17) is 21.1 Å². The number of rotatable bonds is 3. The summed E-state index contributed by atoms with van der Waals surface area (Å²) < 4.78 is 25.5. The summed E-state index contributed by atoms with van der Waals surface area (Å²) in [6.07, 6.45) is 0. The Bertz CT molecular complexity index is 1140. The van der Waals surface area contributed by atoms with E-state index in [1.54, 1.807) is 25.3 Å². The number of ether oxygens (including phenoxy) is 2. The largest absolute Gasteiger partial charge is 0.496 e. The summed E-state index contributed by atoms with van der Waals surface area (Å²) in [5, 5.41) is 4.79. The zero-order valence-corrected chi connectivity index (χ0v) is 15.1. The highest BCUT2D eigenvalue weighted by atomic mass is 35.5. The van der Waals surface area contributed by atoms with Crippen molar-refractivity contribution in [3.05, 3.63) is 71.5 Å². The first kappa shape index (κ1) is 16.7. The molecule has 0 saturated carbocycles. The molecule has 0 spiro atoms. The molecule has 130 valence electrons. The molecule has 0 aliphatic rings. The predicted molar refractivity (Wildman–Crippen MR) is 105 cm³/mol. The van der Waals surface area contributed by atoms with Gasteiger partial charge >= 0.3 is 0 Å². The van der Waals surface area contributed by atoms with Crippen molar-refractivity contribution in [2.24, 2.45) is 0 Å². The maximum Gasteiger partial charge on any atom is 0.172 e. The van der Waals surface area contributed by atoms with Gasteiger partial charge < -0.3 is 9.47 Å². The Morgan fingerprint density at radius 3 is 2.19 bits per heavy atom. The molecule has 0 N–H and O–H groups in total. The van der Waals surface area contributed by atoms with Crippen LogP contribution in [0.5, 0.6) is 11.5 Å². The van der Waals surface area contributed by atoms with E-state index in [1.165, 1.54) is 7.11 Å². The minimum atomic E-state index is -0.406. The molecule has 0 amide bonds. The second-order valence-corrected chi connectivity index (χ2v) is 6.46. The number of hydrogen-bond donors (Lipinski definition) is 0. The van der Waals surface area contributed by atoms with Gasteiger partial charge in [0.05, 0.1) is 14.2 Å². The fourth-order valence-electron chi connectivity index (χ4n) is 3.31. The fourth-order valence-corrected chi connectivity index (χ4v) is 3.48. The van der Waals surface area contributed by atoms with Crippen molar-refractivity contribution >= 4 is 33.1 Å². The third-order valence-electron chi connectivity index (χ3n) is 4.59. The lowest BCUT2D eigenvalue weighted by Crippen LogP contribution is -1.94. The Balaban J connectivity index is 2.04. The highest BCUT2D eigenvalue weighted by Gasteiger charge is 2.16. The van der Waals surface area contributed by atoms with Crippen LogP contribution in [0.4, 0.5) is 4.39 Å². The number of methoxy groups -OCH3 is 2. The first-order chi connectivity index (χ1) is 12.6. The summed E-state index contributed by atoms with van der Waals surface area (Å²) in [6.45, 7) is 0. The van der Waals surface area contributed by atoms with E-state index in [2.05, 4.69) is 0 Å². The van der Waals surface area contributed by atoms with Crippen molar-refractivity contribution in [1.29, 1.82) is 0 Å². The molecule has 0 aromatic heterocycles. The van der Waals surface area contributed by atoms with E-state index in [0.29, 0.717) is 21.9 Å². The Morgan fingerprint density at radius 1 is 0.731 bits per heavy atom. The molecule has 0 atom stereocenters. The molecule has 4 aromatic carbocycles. The quantitative estimate of drug-likeness (QED) is 0.387. The van der Waals surface area contributed by atoms with Gasteiger partial charge in [-0.3, -0.25) is 0 Å². The summed E-state index contributed by atoms with van der Waals surface area (Å²) in [4.78, 5) is 0. The maximum absolute atomic E-state index is 14.8. The lowest BCUT2D eigenvalue weighted by molar-refractivity contribution is 0.387. The average molecular weight is 367 g/mol. The minimum absolute atomic E-state index is 0.204. The number of fused-ring (bicyclic) bond motifs is 3. The zero-order valence-electron chi connectivity index (χ0n) is 14.3. The summed E-state index contributed by atoms with van der Waals surface area (Å²) in [7, 11) is 3.04. The van der Waals surface area contributed by atoms with Crippen LogP contribution in [0.25, 0.3) is 32.7 Å². The van der Waals surface area contributed by atoms with E-state index in [0.717, 1.165) is 21.5 Å². The van der Waals surface area contributed by atoms with Crippen LogP contribution in [-0.2, 0) is 0 Å². The van der Waals surface area contributed by atoms with Crippen LogP contribution in [-0.4, -0.2) is 14.2 Å². The van der Waals surface area contributed by atoms with E-state index < -0.39 is 5.82 Å². The van der Waals surface area contributed by atoms with Crippen LogP contribution in [0.1, 0.15) is 0 Å². The molecular weight excluding hydrogens is 351 g/mol.